The summed E-state index contributed by atoms with van der Waals surface area (Å²) in [5.74, 6) is 1.05. The average Bonchev–Trinajstić information content (AvgIpc) is 2.92. The van der Waals surface area contributed by atoms with Crippen molar-refractivity contribution < 1.29 is 13.5 Å². The van der Waals surface area contributed by atoms with Crippen LogP contribution in [-0.4, -0.2) is 19.0 Å². The molecule has 1 aromatic carbocycles. The lowest BCUT2D eigenvalue weighted by molar-refractivity contribution is -0.0836. The second-order valence-electron chi connectivity index (χ2n) is 4.57. The Bertz CT molecular complexity index is 513. The second kappa shape index (κ2) is 6.77. The first-order valence-corrected chi connectivity index (χ1v) is 6.24. The number of rotatable bonds is 5. The molecule has 0 saturated heterocycles. The first-order valence-electron chi connectivity index (χ1n) is 6.24. The van der Waals surface area contributed by atoms with Crippen molar-refractivity contribution in [3.8, 4) is 5.75 Å². The average molecular weight is 300 g/mol. The van der Waals surface area contributed by atoms with Gasteiger partial charge in [-0.25, -0.2) is 4.39 Å². The van der Waals surface area contributed by atoms with E-state index in [2.05, 4.69) is 0 Å². The third kappa shape index (κ3) is 3.14. The van der Waals surface area contributed by atoms with Gasteiger partial charge >= 0.3 is 0 Å². The molecule has 0 spiro atoms. The third-order valence-corrected chi connectivity index (χ3v) is 3.21. The highest BCUT2D eigenvalue weighted by atomic mass is 35.5. The number of benzene rings is 1. The Kier molecular flexibility index (Phi) is 5.60. The fraction of sp³-hybridized carbons (Fsp3) is 0.333. The van der Waals surface area contributed by atoms with E-state index in [1.165, 1.54) is 12.1 Å². The van der Waals surface area contributed by atoms with E-state index in [4.69, 9.17) is 9.15 Å². The van der Waals surface area contributed by atoms with Crippen LogP contribution in [0.1, 0.15) is 19.1 Å². The number of nitrogens with zero attached hydrogens (tertiary/aromatic N) is 1. The van der Waals surface area contributed by atoms with Gasteiger partial charge in [0.05, 0.1) is 6.26 Å². The van der Waals surface area contributed by atoms with Gasteiger partial charge in [-0.1, -0.05) is 6.92 Å². The molecule has 3 nitrogen and oxygen atoms in total. The molecular formula is C15H19ClFNO2. The summed E-state index contributed by atoms with van der Waals surface area (Å²) in [5.41, 5.74) is -0.693. The molecule has 0 aliphatic carbocycles. The highest BCUT2D eigenvalue weighted by molar-refractivity contribution is 5.85. The van der Waals surface area contributed by atoms with E-state index in [1.807, 2.05) is 38.1 Å². The molecule has 2 aromatic rings. The molecule has 0 saturated carbocycles. The Labute approximate surface area is 124 Å². The number of hydrogen-bond donors (Lipinski definition) is 0. The summed E-state index contributed by atoms with van der Waals surface area (Å²) < 4.78 is 24.5. The van der Waals surface area contributed by atoms with Gasteiger partial charge in [0.1, 0.15) is 11.6 Å². The van der Waals surface area contributed by atoms with Crippen molar-refractivity contribution in [2.24, 2.45) is 0 Å². The summed E-state index contributed by atoms with van der Waals surface area (Å²) in [6.07, 6.45) is 2.32. The molecular weight excluding hydrogens is 281 g/mol. The molecule has 0 fully saturated rings. The molecule has 20 heavy (non-hydrogen) atoms. The van der Waals surface area contributed by atoms with Gasteiger partial charge in [0, 0.05) is 6.42 Å². The smallest absolute Gasteiger partial charge is 0.221 e. The maximum absolute atomic E-state index is 12.9. The van der Waals surface area contributed by atoms with Crippen LogP contribution in [0.4, 0.5) is 4.39 Å². The number of ether oxygens (including phenoxy) is 1. The normalized spacial score (nSPS) is 13.7. The van der Waals surface area contributed by atoms with Gasteiger partial charge in [-0.2, -0.15) is 0 Å². The van der Waals surface area contributed by atoms with Gasteiger partial charge in [0.2, 0.25) is 5.72 Å². The van der Waals surface area contributed by atoms with Crippen LogP contribution >= 0.6 is 12.4 Å². The van der Waals surface area contributed by atoms with Crippen LogP contribution in [0.5, 0.6) is 5.75 Å². The first-order chi connectivity index (χ1) is 9.08. The van der Waals surface area contributed by atoms with Crippen molar-refractivity contribution in [3.05, 3.63) is 54.2 Å². The zero-order valence-corrected chi connectivity index (χ0v) is 12.6. The number of furan rings is 1. The van der Waals surface area contributed by atoms with Gasteiger partial charge in [-0.3, -0.25) is 4.90 Å². The Balaban J connectivity index is 0.00000200. The molecule has 110 valence electrons. The molecule has 0 bridgehead atoms. The second-order valence-corrected chi connectivity index (χ2v) is 4.57. The lowest BCUT2D eigenvalue weighted by Gasteiger charge is -2.37. The topological polar surface area (TPSA) is 25.6 Å². The van der Waals surface area contributed by atoms with Crippen LogP contribution in [-0.2, 0) is 5.72 Å². The molecule has 5 heteroatoms. The lowest BCUT2D eigenvalue weighted by atomic mass is 10.1. The molecule has 0 amide bonds. The van der Waals surface area contributed by atoms with Crippen molar-refractivity contribution >= 4 is 12.4 Å². The highest BCUT2D eigenvalue weighted by Crippen LogP contribution is 2.33. The molecule has 0 aliphatic rings. The van der Waals surface area contributed by atoms with Gasteiger partial charge in [0.15, 0.2) is 5.76 Å². The van der Waals surface area contributed by atoms with E-state index in [9.17, 15) is 4.39 Å². The summed E-state index contributed by atoms with van der Waals surface area (Å²) >= 11 is 0. The van der Waals surface area contributed by atoms with E-state index < -0.39 is 5.72 Å². The van der Waals surface area contributed by atoms with Crippen LogP contribution in [0.2, 0.25) is 0 Å². The van der Waals surface area contributed by atoms with Crippen LogP contribution in [0, 0.1) is 5.82 Å². The Morgan fingerprint density at radius 3 is 2.30 bits per heavy atom. The number of hydrogen-bond acceptors (Lipinski definition) is 3. The number of halogens is 2. The maximum atomic E-state index is 12.9. The first kappa shape index (κ1) is 16.5. The largest absolute Gasteiger partial charge is 0.465 e. The predicted octanol–water partition coefficient (Wildman–Crippen LogP) is 4.04. The Hall–Kier alpha value is -1.52. The molecule has 2 rings (SSSR count). The van der Waals surface area contributed by atoms with Crippen molar-refractivity contribution in [3.63, 3.8) is 0 Å². The zero-order valence-electron chi connectivity index (χ0n) is 11.8. The van der Waals surface area contributed by atoms with E-state index in [0.717, 1.165) is 5.76 Å². The van der Waals surface area contributed by atoms with Gasteiger partial charge in [0.25, 0.3) is 0 Å². The summed E-state index contributed by atoms with van der Waals surface area (Å²) in [6.45, 7) is 2.02. The van der Waals surface area contributed by atoms with Crippen LogP contribution < -0.4 is 4.74 Å². The standard InChI is InChI=1S/C15H18FNO2.ClH/c1-4-15(17(2)3,14-6-5-11-18-14)19-13-9-7-12(16)8-10-13;/h5-11H,4H2,1-3H3;1H. The molecule has 1 unspecified atom stereocenters. The lowest BCUT2D eigenvalue weighted by Crippen LogP contribution is -2.45. The fourth-order valence-electron chi connectivity index (χ4n) is 2.12. The quantitative estimate of drug-likeness (QED) is 0.779. The van der Waals surface area contributed by atoms with Gasteiger partial charge in [-0.15, -0.1) is 12.4 Å². The Morgan fingerprint density at radius 1 is 1.20 bits per heavy atom. The van der Waals surface area contributed by atoms with Crippen molar-refractivity contribution in [2.75, 3.05) is 14.1 Å². The summed E-state index contributed by atoms with van der Waals surface area (Å²) in [4.78, 5) is 1.95. The highest BCUT2D eigenvalue weighted by Gasteiger charge is 2.38. The molecule has 0 N–H and O–H groups in total. The van der Waals surface area contributed by atoms with E-state index >= 15 is 0 Å². The summed E-state index contributed by atoms with van der Waals surface area (Å²) in [5, 5.41) is 0. The maximum Gasteiger partial charge on any atom is 0.221 e. The fourth-order valence-corrected chi connectivity index (χ4v) is 2.12. The van der Waals surface area contributed by atoms with Gasteiger partial charge < -0.3 is 9.15 Å². The van der Waals surface area contributed by atoms with Crippen LogP contribution in [0.3, 0.4) is 0 Å². The minimum atomic E-state index is -0.693. The van der Waals surface area contributed by atoms with E-state index in [1.54, 1.807) is 18.4 Å². The predicted molar refractivity (Wildman–Crippen MR) is 78.6 cm³/mol. The summed E-state index contributed by atoms with van der Waals surface area (Å²) in [6, 6.07) is 9.71. The summed E-state index contributed by atoms with van der Waals surface area (Å²) in [7, 11) is 3.85. The van der Waals surface area contributed by atoms with Crippen molar-refractivity contribution in [2.45, 2.75) is 19.1 Å². The van der Waals surface area contributed by atoms with Crippen LogP contribution in [0.25, 0.3) is 0 Å². The van der Waals surface area contributed by atoms with Crippen LogP contribution in [0.15, 0.2) is 47.1 Å². The molecule has 0 aliphatic heterocycles. The van der Waals surface area contributed by atoms with Gasteiger partial charge in [-0.05, 0) is 50.5 Å². The molecule has 1 heterocycles. The minimum absolute atomic E-state index is 0. The SMILES string of the molecule is CCC(Oc1ccc(F)cc1)(c1ccco1)N(C)C.Cl. The van der Waals surface area contributed by atoms with Crippen molar-refractivity contribution in [1.29, 1.82) is 0 Å². The third-order valence-electron chi connectivity index (χ3n) is 3.21. The monoisotopic (exact) mass is 299 g/mol. The molecule has 0 radical (unpaired) electrons. The zero-order chi connectivity index (χ0) is 13.9. The Morgan fingerprint density at radius 2 is 1.85 bits per heavy atom. The van der Waals surface area contributed by atoms with E-state index in [-0.39, 0.29) is 18.2 Å². The minimum Gasteiger partial charge on any atom is -0.465 e. The molecule has 1 aromatic heterocycles. The van der Waals surface area contributed by atoms with Crippen molar-refractivity contribution in [1.82, 2.24) is 4.90 Å². The molecule has 1 atom stereocenters. The van der Waals surface area contributed by atoms with E-state index in [0.29, 0.717) is 12.2 Å².